The first-order chi connectivity index (χ1) is 11.3. The molecule has 2 rings (SSSR count). The first kappa shape index (κ1) is 18.0. The molecule has 6 heteroatoms. The van der Waals surface area contributed by atoms with Gasteiger partial charge in [0.15, 0.2) is 0 Å². The van der Waals surface area contributed by atoms with Crippen LogP contribution >= 0.6 is 0 Å². The zero-order valence-corrected chi connectivity index (χ0v) is 14.2. The van der Waals surface area contributed by atoms with Crippen molar-refractivity contribution in [1.29, 1.82) is 0 Å². The van der Waals surface area contributed by atoms with Crippen molar-refractivity contribution < 1.29 is 24.2 Å². The molecule has 0 aliphatic carbocycles. The molecule has 0 aliphatic rings. The number of aliphatic hydroxyl groups is 1. The van der Waals surface area contributed by atoms with Crippen molar-refractivity contribution in [1.82, 2.24) is 4.98 Å². The van der Waals surface area contributed by atoms with Gasteiger partial charge >= 0.3 is 11.9 Å². The molecule has 2 N–H and O–H groups in total. The predicted molar refractivity (Wildman–Crippen MR) is 89.6 cm³/mol. The maximum atomic E-state index is 12.1. The second-order valence-electron chi connectivity index (χ2n) is 6.34. The average molecular weight is 333 g/mol. The van der Waals surface area contributed by atoms with Gasteiger partial charge in [-0.2, -0.15) is 0 Å². The van der Waals surface area contributed by atoms with Gasteiger partial charge in [0.05, 0.1) is 11.0 Å². The Kier molecular flexibility index (Phi) is 5.62. The van der Waals surface area contributed by atoms with Crippen molar-refractivity contribution in [3.63, 3.8) is 0 Å². The van der Waals surface area contributed by atoms with Crippen molar-refractivity contribution in [3.8, 4) is 0 Å². The number of rotatable bonds is 7. The summed E-state index contributed by atoms with van der Waals surface area (Å²) in [7, 11) is 0. The minimum absolute atomic E-state index is 0.205. The summed E-state index contributed by atoms with van der Waals surface area (Å²) in [5.41, 5.74) is 0.642. The zero-order chi connectivity index (χ0) is 17.7. The molecule has 1 aromatic carbocycles. The molecule has 0 bridgehead atoms. The van der Waals surface area contributed by atoms with Gasteiger partial charge in [0.25, 0.3) is 0 Å². The van der Waals surface area contributed by atoms with Crippen molar-refractivity contribution in [2.24, 2.45) is 5.41 Å². The number of fused-ring (bicyclic) bond motifs is 1. The summed E-state index contributed by atoms with van der Waals surface area (Å²) in [6.07, 6.45) is 1.15. The Morgan fingerprint density at radius 3 is 2.58 bits per heavy atom. The third-order valence-corrected chi connectivity index (χ3v) is 4.06. The van der Waals surface area contributed by atoms with Crippen LogP contribution in [0.15, 0.2) is 30.5 Å². The first-order valence-electron chi connectivity index (χ1n) is 7.93. The molecule has 2 aromatic rings. The van der Waals surface area contributed by atoms with Crippen LogP contribution < -0.4 is 0 Å². The Labute approximate surface area is 140 Å². The van der Waals surface area contributed by atoms with E-state index in [1.807, 2.05) is 31.2 Å². The van der Waals surface area contributed by atoms with E-state index >= 15 is 0 Å². The molecule has 0 saturated carbocycles. The van der Waals surface area contributed by atoms with Crippen LogP contribution in [0.5, 0.6) is 0 Å². The topological polar surface area (TPSA) is 88.6 Å². The Bertz CT molecular complexity index is 719. The van der Waals surface area contributed by atoms with Crippen LogP contribution in [0.1, 0.15) is 37.6 Å². The summed E-state index contributed by atoms with van der Waals surface area (Å²) in [6.45, 7) is 5.00. The van der Waals surface area contributed by atoms with Gasteiger partial charge in [-0.3, -0.25) is 4.79 Å². The fraction of sp³-hybridized carbons (Fsp3) is 0.444. The summed E-state index contributed by atoms with van der Waals surface area (Å²) in [4.78, 5) is 26.9. The van der Waals surface area contributed by atoms with E-state index in [-0.39, 0.29) is 19.2 Å². The molecule has 0 spiro atoms. The number of para-hydroxylation sites is 1. The first-order valence-corrected chi connectivity index (χ1v) is 7.93. The molecule has 6 nitrogen and oxygen atoms in total. The number of esters is 2. The van der Waals surface area contributed by atoms with Crippen LogP contribution in [0.3, 0.4) is 0 Å². The van der Waals surface area contributed by atoms with Gasteiger partial charge in [0, 0.05) is 17.1 Å². The zero-order valence-electron chi connectivity index (χ0n) is 14.2. The van der Waals surface area contributed by atoms with Crippen LogP contribution in [0.25, 0.3) is 10.9 Å². The second kappa shape index (κ2) is 7.49. The van der Waals surface area contributed by atoms with Crippen LogP contribution in [0.2, 0.25) is 0 Å². The van der Waals surface area contributed by atoms with Gasteiger partial charge in [-0.1, -0.05) is 25.1 Å². The van der Waals surface area contributed by atoms with E-state index in [0.717, 1.165) is 10.9 Å². The van der Waals surface area contributed by atoms with Gasteiger partial charge in [-0.05, 0) is 26.3 Å². The molecule has 0 radical (unpaired) electrons. The third-order valence-electron chi connectivity index (χ3n) is 4.06. The molecule has 0 fully saturated rings. The lowest BCUT2D eigenvalue weighted by Gasteiger charge is -2.21. The van der Waals surface area contributed by atoms with E-state index in [1.165, 1.54) is 0 Å². The Morgan fingerprint density at radius 1 is 1.21 bits per heavy atom. The SMILES string of the molecule is CCC(C)(C)C(=O)OCC(O)COC(=O)c1c[nH]c2ccccc12. The quantitative estimate of drug-likeness (QED) is 0.761. The van der Waals surface area contributed by atoms with Crippen molar-refractivity contribution >= 4 is 22.8 Å². The molecule has 1 atom stereocenters. The van der Waals surface area contributed by atoms with E-state index in [4.69, 9.17) is 9.47 Å². The molecule has 0 saturated heterocycles. The number of H-pyrrole nitrogens is 1. The summed E-state index contributed by atoms with van der Waals surface area (Å²) in [6, 6.07) is 7.37. The molecule has 1 heterocycles. The van der Waals surface area contributed by atoms with Crippen molar-refractivity contribution in [3.05, 3.63) is 36.0 Å². The van der Waals surface area contributed by atoms with Crippen LogP contribution in [-0.2, 0) is 14.3 Å². The fourth-order valence-electron chi connectivity index (χ4n) is 2.05. The highest BCUT2D eigenvalue weighted by Crippen LogP contribution is 2.21. The maximum Gasteiger partial charge on any atom is 0.340 e. The van der Waals surface area contributed by atoms with Crippen molar-refractivity contribution in [2.45, 2.75) is 33.3 Å². The molecule has 130 valence electrons. The van der Waals surface area contributed by atoms with E-state index in [0.29, 0.717) is 12.0 Å². The highest BCUT2D eigenvalue weighted by molar-refractivity contribution is 6.03. The van der Waals surface area contributed by atoms with Crippen molar-refractivity contribution in [2.75, 3.05) is 13.2 Å². The monoisotopic (exact) mass is 333 g/mol. The van der Waals surface area contributed by atoms with Crippen LogP contribution in [0, 0.1) is 5.41 Å². The van der Waals surface area contributed by atoms with Gasteiger partial charge in [-0.25, -0.2) is 4.79 Å². The lowest BCUT2D eigenvalue weighted by molar-refractivity contribution is -0.157. The average Bonchev–Trinajstić information content (AvgIpc) is 3.01. The van der Waals surface area contributed by atoms with Crippen LogP contribution in [0.4, 0.5) is 0 Å². The second-order valence-corrected chi connectivity index (χ2v) is 6.34. The number of benzene rings is 1. The molecule has 0 amide bonds. The Morgan fingerprint density at radius 2 is 1.88 bits per heavy atom. The normalized spacial score (nSPS) is 12.8. The summed E-state index contributed by atoms with van der Waals surface area (Å²) < 4.78 is 10.2. The number of carbonyl (C=O) groups excluding carboxylic acids is 2. The van der Waals surface area contributed by atoms with Gasteiger partial charge in [-0.15, -0.1) is 0 Å². The standard InChI is InChI=1S/C18H23NO5/c1-4-18(2,3)17(22)24-11-12(20)10-23-16(21)14-9-19-15-8-6-5-7-13(14)15/h5-9,12,19-20H,4,10-11H2,1-3H3. The number of nitrogens with one attached hydrogen (secondary N) is 1. The highest BCUT2D eigenvalue weighted by atomic mass is 16.6. The number of ether oxygens (including phenoxy) is 2. The number of hydrogen-bond acceptors (Lipinski definition) is 5. The molecule has 0 aliphatic heterocycles. The third kappa shape index (κ3) is 4.14. The number of aromatic amines is 1. The molecule has 1 aromatic heterocycles. The van der Waals surface area contributed by atoms with E-state index in [1.54, 1.807) is 20.0 Å². The number of carbonyl (C=O) groups is 2. The molecule has 1 unspecified atom stereocenters. The summed E-state index contributed by atoms with van der Waals surface area (Å²) in [5.74, 6) is -0.918. The highest BCUT2D eigenvalue weighted by Gasteiger charge is 2.27. The Hall–Kier alpha value is -2.34. The molecule has 24 heavy (non-hydrogen) atoms. The van der Waals surface area contributed by atoms with Gasteiger partial charge in [0.1, 0.15) is 19.3 Å². The molecular formula is C18H23NO5. The molecular weight excluding hydrogens is 310 g/mol. The van der Waals surface area contributed by atoms with Gasteiger partial charge < -0.3 is 19.6 Å². The van der Waals surface area contributed by atoms with Gasteiger partial charge in [0.2, 0.25) is 0 Å². The van der Waals surface area contributed by atoms with E-state index < -0.39 is 17.5 Å². The summed E-state index contributed by atoms with van der Waals surface area (Å²) >= 11 is 0. The number of hydrogen-bond donors (Lipinski definition) is 2. The minimum atomic E-state index is -1.06. The number of aliphatic hydroxyl groups excluding tert-OH is 1. The predicted octanol–water partition coefficient (Wildman–Crippen LogP) is 2.67. The summed E-state index contributed by atoms with van der Waals surface area (Å²) in [5, 5.41) is 10.6. The van der Waals surface area contributed by atoms with E-state index in [2.05, 4.69) is 4.98 Å². The van der Waals surface area contributed by atoms with Crippen LogP contribution in [-0.4, -0.2) is 41.3 Å². The minimum Gasteiger partial charge on any atom is -0.462 e. The largest absolute Gasteiger partial charge is 0.462 e. The van der Waals surface area contributed by atoms with E-state index in [9.17, 15) is 14.7 Å². The lowest BCUT2D eigenvalue weighted by Crippen LogP contribution is -2.31. The smallest absolute Gasteiger partial charge is 0.340 e. The lowest BCUT2D eigenvalue weighted by atomic mass is 9.91. The Balaban J connectivity index is 1.84. The fourth-order valence-corrected chi connectivity index (χ4v) is 2.05. The maximum absolute atomic E-state index is 12.1. The number of aromatic nitrogens is 1.